The van der Waals surface area contributed by atoms with Gasteiger partial charge in [0.2, 0.25) is 5.91 Å². The van der Waals surface area contributed by atoms with Gasteiger partial charge in [0.1, 0.15) is 0 Å². The molecular formula is C21H31N3O2. The molecule has 5 heteroatoms. The number of nitrogens with one attached hydrogen (secondary N) is 1. The molecule has 1 fully saturated rings. The van der Waals surface area contributed by atoms with Crippen LogP contribution in [-0.2, 0) is 10.2 Å². The van der Waals surface area contributed by atoms with E-state index in [9.17, 15) is 9.59 Å². The molecule has 1 aromatic carbocycles. The summed E-state index contributed by atoms with van der Waals surface area (Å²) >= 11 is 0. The van der Waals surface area contributed by atoms with Crippen molar-refractivity contribution < 1.29 is 9.59 Å². The molecule has 3 rings (SSSR count). The van der Waals surface area contributed by atoms with E-state index in [0.717, 1.165) is 32.4 Å². The van der Waals surface area contributed by atoms with Crippen molar-refractivity contribution >= 4 is 11.9 Å². The Hall–Kier alpha value is -2.04. The Labute approximate surface area is 156 Å². The number of urea groups is 1. The van der Waals surface area contributed by atoms with Crippen LogP contribution >= 0.6 is 0 Å². The average molecular weight is 357 g/mol. The lowest BCUT2D eigenvalue weighted by Crippen LogP contribution is -2.49. The molecule has 1 aliphatic heterocycles. The number of nitrogens with zero attached hydrogens (tertiary/aromatic N) is 2. The fraction of sp³-hybridized carbons (Fsp3) is 0.619. The third-order valence-electron chi connectivity index (χ3n) is 5.95. The molecule has 1 saturated heterocycles. The molecule has 1 heterocycles. The summed E-state index contributed by atoms with van der Waals surface area (Å²) in [5, 5.41) is 2.99. The maximum absolute atomic E-state index is 12.3. The number of amides is 3. The predicted octanol–water partition coefficient (Wildman–Crippen LogP) is 3.10. The smallest absolute Gasteiger partial charge is 0.317 e. The minimum atomic E-state index is 0.0421. The van der Waals surface area contributed by atoms with E-state index < -0.39 is 0 Å². The number of benzene rings is 1. The molecule has 1 aromatic rings. The number of hydrogen-bond acceptors (Lipinski definition) is 2. The van der Waals surface area contributed by atoms with Crippen molar-refractivity contribution in [1.82, 2.24) is 15.1 Å². The number of carbonyl (C=O) groups is 2. The van der Waals surface area contributed by atoms with Gasteiger partial charge in [0.15, 0.2) is 0 Å². The number of hydrogen-bond donors (Lipinski definition) is 1. The second-order valence-electron chi connectivity index (χ2n) is 8.35. The maximum atomic E-state index is 12.3. The normalized spacial score (nSPS) is 21.0. The summed E-state index contributed by atoms with van der Waals surface area (Å²) in [4.78, 5) is 28.2. The van der Waals surface area contributed by atoms with Crippen LogP contribution in [0, 0.1) is 0 Å². The average Bonchev–Trinajstić information content (AvgIpc) is 2.89. The highest BCUT2D eigenvalue weighted by molar-refractivity contribution is 5.77. The molecule has 2 aliphatic rings. The summed E-state index contributed by atoms with van der Waals surface area (Å²) in [6.07, 6.45) is 3.54. The van der Waals surface area contributed by atoms with E-state index in [0.29, 0.717) is 6.42 Å². The lowest BCUT2D eigenvalue weighted by atomic mass is 9.73. The van der Waals surface area contributed by atoms with Gasteiger partial charge in [0.25, 0.3) is 0 Å². The second kappa shape index (κ2) is 7.29. The molecule has 3 amide bonds. The molecule has 1 unspecified atom stereocenters. The van der Waals surface area contributed by atoms with Gasteiger partial charge in [-0.05, 0) is 55.6 Å². The minimum absolute atomic E-state index is 0.0421. The van der Waals surface area contributed by atoms with Crippen LogP contribution in [0.15, 0.2) is 24.3 Å². The molecule has 1 atom stereocenters. The van der Waals surface area contributed by atoms with Crippen molar-refractivity contribution in [1.29, 1.82) is 0 Å². The summed E-state index contributed by atoms with van der Waals surface area (Å²) < 4.78 is 0. The number of likely N-dealkylation sites (tertiary alicyclic amines) is 1. The van der Waals surface area contributed by atoms with Crippen LogP contribution in [-0.4, -0.2) is 55.0 Å². The first kappa shape index (κ1) is 18.7. The Morgan fingerprint density at radius 3 is 2.50 bits per heavy atom. The van der Waals surface area contributed by atoms with Gasteiger partial charge in [-0.15, -0.1) is 0 Å². The van der Waals surface area contributed by atoms with E-state index in [2.05, 4.69) is 29.6 Å². The van der Waals surface area contributed by atoms with Crippen LogP contribution < -0.4 is 5.32 Å². The van der Waals surface area contributed by atoms with Gasteiger partial charge in [-0.3, -0.25) is 4.79 Å². The van der Waals surface area contributed by atoms with Gasteiger partial charge in [0, 0.05) is 39.6 Å². The zero-order valence-corrected chi connectivity index (χ0v) is 16.4. The van der Waals surface area contributed by atoms with E-state index in [1.807, 2.05) is 32.8 Å². The van der Waals surface area contributed by atoms with Crippen LogP contribution in [0.3, 0.4) is 0 Å². The summed E-state index contributed by atoms with van der Waals surface area (Å²) in [7, 11) is 3.65. The monoisotopic (exact) mass is 357 g/mol. The number of fused-ring (bicyclic) bond motifs is 2. The zero-order valence-electron chi connectivity index (χ0n) is 16.4. The zero-order chi connectivity index (χ0) is 18.9. The van der Waals surface area contributed by atoms with Crippen LogP contribution in [0.25, 0.3) is 0 Å². The minimum Gasteiger partial charge on any atom is -0.349 e. The third kappa shape index (κ3) is 3.57. The quantitative estimate of drug-likeness (QED) is 0.904. The molecule has 1 aliphatic carbocycles. The summed E-state index contributed by atoms with van der Waals surface area (Å²) in [6, 6.07) is 8.81. The van der Waals surface area contributed by atoms with Crippen LogP contribution in [0.2, 0.25) is 0 Å². The van der Waals surface area contributed by atoms with E-state index >= 15 is 0 Å². The van der Waals surface area contributed by atoms with Gasteiger partial charge >= 0.3 is 6.03 Å². The van der Waals surface area contributed by atoms with Crippen LogP contribution in [0.4, 0.5) is 4.79 Å². The van der Waals surface area contributed by atoms with Crippen molar-refractivity contribution in [2.24, 2.45) is 0 Å². The van der Waals surface area contributed by atoms with Gasteiger partial charge in [-0.25, -0.2) is 4.79 Å². The maximum Gasteiger partial charge on any atom is 0.317 e. The molecule has 1 spiro atoms. The number of rotatable bonds is 3. The molecule has 0 saturated carbocycles. The largest absolute Gasteiger partial charge is 0.349 e. The van der Waals surface area contributed by atoms with Gasteiger partial charge < -0.3 is 15.1 Å². The molecule has 142 valence electrons. The van der Waals surface area contributed by atoms with Crippen LogP contribution in [0.1, 0.15) is 56.6 Å². The third-order valence-corrected chi connectivity index (χ3v) is 5.95. The van der Waals surface area contributed by atoms with E-state index in [1.54, 1.807) is 4.90 Å². The van der Waals surface area contributed by atoms with Crippen molar-refractivity contribution in [3.8, 4) is 0 Å². The number of carbonyl (C=O) groups excluding carboxylic acids is 2. The molecule has 0 radical (unpaired) electrons. The van der Waals surface area contributed by atoms with E-state index in [1.165, 1.54) is 11.1 Å². The highest BCUT2D eigenvalue weighted by Gasteiger charge is 2.46. The summed E-state index contributed by atoms with van der Waals surface area (Å²) in [5.41, 5.74) is 2.85. The Bertz CT molecular complexity index is 676. The fourth-order valence-electron chi connectivity index (χ4n) is 4.55. The molecule has 0 bridgehead atoms. The van der Waals surface area contributed by atoms with Gasteiger partial charge in [0.05, 0.1) is 0 Å². The predicted molar refractivity (Wildman–Crippen MR) is 103 cm³/mol. The lowest BCUT2D eigenvalue weighted by Gasteiger charge is -2.40. The molecule has 5 nitrogen and oxygen atoms in total. The Morgan fingerprint density at radius 2 is 1.88 bits per heavy atom. The Morgan fingerprint density at radius 1 is 1.23 bits per heavy atom. The highest BCUT2D eigenvalue weighted by atomic mass is 16.2. The van der Waals surface area contributed by atoms with E-state index in [-0.39, 0.29) is 29.3 Å². The van der Waals surface area contributed by atoms with Crippen molar-refractivity contribution in [3.05, 3.63) is 35.4 Å². The first-order chi connectivity index (χ1) is 12.3. The highest BCUT2D eigenvalue weighted by Crippen LogP contribution is 2.52. The van der Waals surface area contributed by atoms with Gasteiger partial charge in [-0.2, -0.15) is 0 Å². The molecule has 0 aromatic heterocycles. The number of piperidine rings is 1. The molecular weight excluding hydrogens is 326 g/mol. The summed E-state index contributed by atoms with van der Waals surface area (Å²) in [5.74, 6) is 0.479. The standard InChI is InChI=1S/C21H31N3O2/c1-15(2)22-20(26)24-11-9-21(10-12-24)14-16(13-19(25)23(3)4)17-7-5-6-8-18(17)21/h5-8,15-16H,9-14H2,1-4H3,(H,22,26). The SMILES string of the molecule is CC(C)NC(=O)N1CCC2(CC1)CC(CC(=O)N(C)C)c1ccccc12. The van der Waals surface area contributed by atoms with Crippen molar-refractivity contribution in [2.45, 2.75) is 56.9 Å². The van der Waals surface area contributed by atoms with E-state index in [4.69, 9.17) is 0 Å². The topological polar surface area (TPSA) is 52.7 Å². The van der Waals surface area contributed by atoms with Crippen molar-refractivity contribution in [3.63, 3.8) is 0 Å². The van der Waals surface area contributed by atoms with Crippen LogP contribution in [0.5, 0.6) is 0 Å². The molecule has 26 heavy (non-hydrogen) atoms. The second-order valence-corrected chi connectivity index (χ2v) is 8.35. The first-order valence-electron chi connectivity index (χ1n) is 9.67. The fourth-order valence-corrected chi connectivity index (χ4v) is 4.55. The Balaban J connectivity index is 1.75. The Kier molecular flexibility index (Phi) is 5.26. The lowest BCUT2D eigenvalue weighted by molar-refractivity contribution is -0.129. The molecule has 1 N–H and O–H groups in total. The summed E-state index contributed by atoms with van der Waals surface area (Å²) in [6.45, 7) is 5.54. The first-order valence-corrected chi connectivity index (χ1v) is 9.67. The van der Waals surface area contributed by atoms with Crippen molar-refractivity contribution in [2.75, 3.05) is 27.2 Å². The van der Waals surface area contributed by atoms with Gasteiger partial charge in [-0.1, -0.05) is 24.3 Å².